The van der Waals surface area contributed by atoms with Crippen molar-refractivity contribution in [2.24, 2.45) is 0 Å². The lowest BCUT2D eigenvalue weighted by atomic mass is 10.1. The number of hydrazine groups is 1. The van der Waals surface area contributed by atoms with E-state index in [2.05, 4.69) is 47.7 Å². The second-order valence-electron chi connectivity index (χ2n) is 5.19. The second kappa shape index (κ2) is 10.9. The maximum atomic E-state index is 3.27. The van der Waals surface area contributed by atoms with Gasteiger partial charge in [-0.3, -0.25) is 0 Å². The number of hydrogen-bond acceptors (Lipinski definition) is 2. The molecule has 108 valence electrons. The Morgan fingerprint density at radius 3 is 2.00 bits per heavy atom. The molecule has 0 bridgehead atoms. The maximum Gasteiger partial charge on any atom is 0.0519 e. The minimum atomic E-state index is 1.09. The van der Waals surface area contributed by atoms with Gasteiger partial charge in [-0.15, -0.1) is 0 Å². The van der Waals surface area contributed by atoms with Gasteiger partial charge in [-0.25, -0.2) is 5.43 Å². The fourth-order valence-electron chi connectivity index (χ4n) is 2.38. The summed E-state index contributed by atoms with van der Waals surface area (Å²) in [5.74, 6) is 0. The van der Waals surface area contributed by atoms with Gasteiger partial charge in [-0.2, -0.15) is 0 Å². The first-order valence-electron chi connectivity index (χ1n) is 7.88. The van der Waals surface area contributed by atoms with E-state index in [-0.39, 0.29) is 0 Å². The average molecular weight is 262 g/mol. The molecule has 0 aromatic heterocycles. The van der Waals surface area contributed by atoms with Gasteiger partial charge >= 0.3 is 0 Å². The third-order valence-corrected chi connectivity index (χ3v) is 3.57. The number of anilines is 1. The van der Waals surface area contributed by atoms with Crippen LogP contribution in [0.15, 0.2) is 30.3 Å². The first-order chi connectivity index (χ1) is 9.38. The highest BCUT2D eigenvalue weighted by Crippen LogP contribution is 2.13. The Hall–Kier alpha value is -1.02. The van der Waals surface area contributed by atoms with Gasteiger partial charge in [0.2, 0.25) is 0 Å². The van der Waals surface area contributed by atoms with Crippen molar-refractivity contribution in [3.8, 4) is 0 Å². The van der Waals surface area contributed by atoms with Crippen LogP contribution in [0, 0.1) is 0 Å². The van der Waals surface area contributed by atoms with Crippen molar-refractivity contribution in [1.82, 2.24) is 5.43 Å². The summed E-state index contributed by atoms with van der Waals surface area (Å²) < 4.78 is 0. The minimum Gasteiger partial charge on any atom is -0.309 e. The molecule has 0 saturated carbocycles. The Bertz CT molecular complexity index is 297. The average Bonchev–Trinajstić information content (AvgIpc) is 2.47. The summed E-state index contributed by atoms with van der Waals surface area (Å²) in [5.41, 5.74) is 4.53. The van der Waals surface area contributed by atoms with Crippen molar-refractivity contribution in [2.45, 2.75) is 58.3 Å². The van der Waals surface area contributed by atoms with Crippen LogP contribution >= 0.6 is 0 Å². The molecule has 1 N–H and O–H groups in total. The third kappa shape index (κ3) is 7.22. The van der Waals surface area contributed by atoms with E-state index in [0.29, 0.717) is 0 Å². The van der Waals surface area contributed by atoms with Crippen molar-refractivity contribution in [1.29, 1.82) is 0 Å². The number of rotatable bonds is 11. The molecule has 0 aliphatic rings. The molecule has 0 atom stereocenters. The molecule has 0 saturated heterocycles. The van der Waals surface area contributed by atoms with Crippen molar-refractivity contribution in [3.63, 3.8) is 0 Å². The standard InChI is InChI=1S/C17H30N2/c1-3-4-5-6-7-8-9-13-16-19(18-2)17-14-11-10-12-15-17/h10-12,14-15,18H,3-9,13,16H2,1-2H3. The smallest absolute Gasteiger partial charge is 0.0519 e. The van der Waals surface area contributed by atoms with Gasteiger partial charge in [-0.1, -0.05) is 70.1 Å². The molecule has 19 heavy (non-hydrogen) atoms. The molecule has 0 radical (unpaired) electrons. The van der Waals surface area contributed by atoms with Gasteiger partial charge in [0, 0.05) is 13.6 Å². The molecule has 0 fully saturated rings. The second-order valence-corrected chi connectivity index (χ2v) is 5.19. The van der Waals surface area contributed by atoms with Gasteiger partial charge in [0.15, 0.2) is 0 Å². The Labute approximate surface area is 119 Å². The number of benzene rings is 1. The van der Waals surface area contributed by atoms with E-state index in [1.807, 2.05) is 7.05 Å². The number of nitrogens with zero attached hydrogens (tertiary/aromatic N) is 1. The predicted molar refractivity (Wildman–Crippen MR) is 85.5 cm³/mol. The maximum absolute atomic E-state index is 3.27. The lowest BCUT2D eigenvalue weighted by Gasteiger charge is -2.23. The van der Waals surface area contributed by atoms with Crippen molar-refractivity contribution in [3.05, 3.63) is 30.3 Å². The van der Waals surface area contributed by atoms with Crippen LogP contribution in [0.25, 0.3) is 0 Å². The highest BCUT2D eigenvalue weighted by Gasteiger charge is 2.02. The zero-order valence-corrected chi connectivity index (χ0v) is 12.7. The molecular weight excluding hydrogens is 232 g/mol. The number of para-hydroxylation sites is 1. The van der Waals surface area contributed by atoms with Gasteiger partial charge in [0.05, 0.1) is 5.69 Å². The van der Waals surface area contributed by atoms with Crippen LogP contribution in [0.5, 0.6) is 0 Å². The Balaban J connectivity index is 2.07. The highest BCUT2D eigenvalue weighted by molar-refractivity contribution is 5.44. The first kappa shape index (κ1) is 16.0. The van der Waals surface area contributed by atoms with Gasteiger partial charge in [-0.05, 0) is 18.6 Å². The van der Waals surface area contributed by atoms with E-state index in [4.69, 9.17) is 0 Å². The fraction of sp³-hybridized carbons (Fsp3) is 0.647. The van der Waals surface area contributed by atoms with E-state index in [1.54, 1.807) is 0 Å². The zero-order valence-electron chi connectivity index (χ0n) is 12.7. The summed E-state index contributed by atoms with van der Waals surface area (Å²) >= 11 is 0. The normalized spacial score (nSPS) is 10.6. The topological polar surface area (TPSA) is 15.3 Å². The molecule has 1 rings (SSSR count). The molecule has 1 aromatic carbocycles. The van der Waals surface area contributed by atoms with Crippen LogP contribution in [0.1, 0.15) is 58.3 Å². The number of hydrogen-bond donors (Lipinski definition) is 1. The Morgan fingerprint density at radius 2 is 1.42 bits per heavy atom. The zero-order chi connectivity index (χ0) is 13.8. The lowest BCUT2D eigenvalue weighted by Crippen LogP contribution is -2.35. The fourth-order valence-corrected chi connectivity index (χ4v) is 2.38. The van der Waals surface area contributed by atoms with Crippen LogP contribution < -0.4 is 10.4 Å². The van der Waals surface area contributed by atoms with Crippen molar-refractivity contribution < 1.29 is 0 Å². The summed E-state index contributed by atoms with van der Waals surface area (Å²) in [7, 11) is 2.00. The Morgan fingerprint density at radius 1 is 0.842 bits per heavy atom. The van der Waals surface area contributed by atoms with Crippen molar-refractivity contribution in [2.75, 3.05) is 18.6 Å². The van der Waals surface area contributed by atoms with E-state index in [1.165, 1.54) is 57.1 Å². The van der Waals surface area contributed by atoms with Crippen LogP contribution in [-0.2, 0) is 0 Å². The third-order valence-electron chi connectivity index (χ3n) is 3.57. The lowest BCUT2D eigenvalue weighted by molar-refractivity contribution is 0.562. The van der Waals surface area contributed by atoms with E-state index in [0.717, 1.165) is 6.54 Å². The Kier molecular flexibility index (Phi) is 9.17. The van der Waals surface area contributed by atoms with Gasteiger partial charge < -0.3 is 5.01 Å². The van der Waals surface area contributed by atoms with Crippen LogP contribution in [0.2, 0.25) is 0 Å². The summed E-state index contributed by atoms with van der Waals surface area (Å²) in [6.45, 7) is 3.37. The summed E-state index contributed by atoms with van der Waals surface area (Å²) in [5, 5.41) is 2.23. The van der Waals surface area contributed by atoms with Crippen LogP contribution in [0.3, 0.4) is 0 Å². The molecule has 0 unspecified atom stereocenters. The molecule has 0 heterocycles. The molecule has 0 spiro atoms. The molecule has 0 aliphatic carbocycles. The summed E-state index contributed by atoms with van der Waals surface area (Å²) in [6.07, 6.45) is 11.0. The van der Waals surface area contributed by atoms with Crippen LogP contribution in [0.4, 0.5) is 5.69 Å². The van der Waals surface area contributed by atoms with E-state index < -0.39 is 0 Å². The first-order valence-corrected chi connectivity index (χ1v) is 7.88. The predicted octanol–water partition coefficient (Wildman–Crippen LogP) is 4.77. The van der Waals surface area contributed by atoms with Gasteiger partial charge in [0.25, 0.3) is 0 Å². The SMILES string of the molecule is CCCCCCCCCCN(NC)c1ccccc1. The molecule has 0 aliphatic heterocycles. The molecular formula is C17H30N2. The van der Waals surface area contributed by atoms with Crippen molar-refractivity contribution >= 4 is 5.69 Å². The molecule has 0 amide bonds. The van der Waals surface area contributed by atoms with E-state index in [9.17, 15) is 0 Å². The number of nitrogens with one attached hydrogen (secondary N) is 1. The summed E-state index contributed by atoms with van der Waals surface area (Å²) in [6, 6.07) is 10.6. The summed E-state index contributed by atoms with van der Waals surface area (Å²) in [4.78, 5) is 0. The van der Waals surface area contributed by atoms with E-state index >= 15 is 0 Å². The molecule has 2 nitrogen and oxygen atoms in total. The highest BCUT2D eigenvalue weighted by atomic mass is 15.5. The van der Waals surface area contributed by atoms with Gasteiger partial charge in [0.1, 0.15) is 0 Å². The monoisotopic (exact) mass is 262 g/mol. The molecule has 2 heteroatoms. The quantitative estimate of drug-likeness (QED) is 0.456. The minimum absolute atomic E-state index is 1.09. The molecule has 1 aromatic rings. The largest absolute Gasteiger partial charge is 0.309 e. The number of unbranched alkanes of at least 4 members (excludes halogenated alkanes) is 7. The van der Waals surface area contributed by atoms with Crippen LogP contribution in [-0.4, -0.2) is 13.6 Å².